The van der Waals surface area contributed by atoms with Crippen LogP contribution in [0.3, 0.4) is 0 Å². The predicted octanol–water partition coefficient (Wildman–Crippen LogP) is 18.2. The van der Waals surface area contributed by atoms with Crippen LogP contribution in [0.2, 0.25) is 0 Å². The van der Waals surface area contributed by atoms with Gasteiger partial charge in [0.2, 0.25) is 7.28 Å². The zero-order chi connectivity index (χ0) is 52.0. The molecular formula is C70H69BN2O2. The molecule has 75 heavy (non-hydrogen) atoms. The van der Waals surface area contributed by atoms with Gasteiger partial charge in [0.25, 0.3) is 0 Å². The molecule has 0 saturated carbocycles. The molecule has 3 aliphatic rings. The Morgan fingerprint density at radius 1 is 0.467 bits per heavy atom. The van der Waals surface area contributed by atoms with Gasteiger partial charge in [0.05, 0.1) is 16.8 Å². The van der Waals surface area contributed by atoms with Gasteiger partial charge >= 0.3 is 0 Å². The zero-order valence-corrected chi connectivity index (χ0v) is 45.8. The van der Waals surface area contributed by atoms with Crippen molar-refractivity contribution in [3.8, 4) is 33.4 Å². The van der Waals surface area contributed by atoms with Crippen molar-refractivity contribution >= 4 is 79.7 Å². The summed E-state index contributed by atoms with van der Waals surface area (Å²) in [5.41, 5.74) is 23.5. The molecule has 2 aliphatic carbocycles. The summed E-state index contributed by atoms with van der Waals surface area (Å²) in [5, 5.41) is 7.47. The summed E-state index contributed by atoms with van der Waals surface area (Å²) in [6.07, 6.45) is 4.60. The van der Waals surface area contributed by atoms with E-state index in [2.05, 4.69) is 244 Å². The molecular weight excluding hydrogens is 912 g/mol. The van der Waals surface area contributed by atoms with Gasteiger partial charge in [-0.25, -0.2) is 0 Å². The second kappa shape index (κ2) is 16.6. The zero-order valence-electron chi connectivity index (χ0n) is 45.8. The first kappa shape index (κ1) is 47.5. The minimum Gasteiger partial charge on any atom is -0.456 e. The minimum absolute atomic E-state index is 0.0205. The normalized spacial score (nSPS) is 17.0. The van der Waals surface area contributed by atoms with Crippen LogP contribution < -0.4 is 21.1 Å². The van der Waals surface area contributed by atoms with E-state index in [9.17, 15) is 0 Å². The fourth-order valence-electron chi connectivity index (χ4n) is 13.2. The van der Waals surface area contributed by atoms with Crippen LogP contribution in [0.15, 0.2) is 167 Å². The lowest BCUT2D eigenvalue weighted by molar-refractivity contribution is 0.332. The van der Waals surface area contributed by atoms with Crippen LogP contribution in [0.1, 0.15) is 130 Å². The highest BCUT2D eigenvalue weighted by molar-refractivity contribution is 6.76. The van der Waals surface area contributed by atoms with Crippen molar-refractivity contribution in [1.29, 1.82) is 0 Å². The second-order valence-electron chi connectivity index (χ2n) is 25.9. The smallest absolute Gasteiger partial charge is 0.203 e. The average molecular weight is 981 g/mol. The van der Waals surface area contributed by atoms with Crippen molar-refractivity contribution < 1.29 is 8.83 Å². The van der Waals surface area contributed by atoms with E-state index in [1.807, 2.05) is 0 Å². The molecule has 0 bridgehead atoms. The standard InChI is InChI=1S/C70H69BN2O2/c1-66(2,3)45-27-31-57(49(37-45)43-22-16-13-17-23-43)73-64-61-48-24-18-19-25-58(48)74-60(61)40-50(62(64)71-63-51-39-54-55(41-59(51)75-65(63)73)70(10,11)35-34-69(54,8)9)47-29-26-44(42-20-14-12-15-21-42)36-56(47)72-46-28-30-52-53(38-46)68(6,7)33-32-67(52,4)5/h12-31,36-41,71-72H,32-35H2,1-11H3. The molecule has 374 valence electrons. The fourth-order valence-corrected chi connectivity index (χ4v) is 13.2. The maximum absolute atomic E-state index is 7.54. The molecule has 5 heteroatoms. The first-order valence-electron chi connectivity index (χ1n) is 27.5. The molecule has 13 rings (SSSR count). The van der Waals surface area contributed by atoms with Crippen molar-refractivity contribution in [2.75, 3.05) is 10.2 Å². The highest BCUT2D eigenvalue weighted by Crippen LogP contribution is 2.53. The van der Waals surface area contributed by atoms with Crippen LogP contribution >= 0.6 is 0 Å². The third kappa shape index (κ3) is 7.70. The molecule has 3 heterocycles. The number of hydrogen-bond donors (Lipinski definition) is 1. The van der Waals surface area contributed by atoms with Crippen LogP contribution in [0.4, 0.5) is 28.6 Å². The summed E-state index contributed by atoms with van der Waals surface area (Å²) in [6, 6.07) is 58.8. The van der Waals surface area contributed by atoms with E-state index in [0.29, 0.717) is 7.28 Å². The average Bonchev–Trinajstić information content (AvgIpc) is 3.98. The summed E-state index contributed by atoms with van der Waals surface area (Å²) < 4.78 is 14.6. The van der Waals surface area contributed by atoms with Crippen LogP contribution in [0, 0.1) is 0 Å². The maximum atomic E-state index is 7.54. The number of anilines is 5. The van der Waals surface area contributed by atoms with Crippen molar-refractivity contribution in [3.63, 3.8) is 0 Å². The van der Waals surface area contributed by atoms with E-state index in [1.165, 1.54) is 56.1 Å². The third-order valence-electron chi connectivity index (χ3n) is 18.0. The number of nitrogens with zero attached hydrogens (tertiary/aromatic N) is 1. The molecule has 0 spiro atoms. The lowest BCUT2D eigenvalue weighted by Crippen LogP contribution is -2.40. The summed E-state index contributed by atoms with van der Waals surface area (Å²) in [4.78, 5) is 2.49. The van der Waals surface area contributed by atoms with Crippen molar-refractivity contribution in [2.24, 2.45) is 0 Å². The van der Waals surface area contributed by atoms with Gasteiger partial charge in [0.15, 0.2) is 5.88 Å². The van der Waals surface area contributed by atoms with Gasteiger partial charge in [-0.3, -0.25) is 4.90 Å². The number of rotatable bonds is 6. The van der Waals surface area contributed by atoms with Crippen molar-refractivity contribution in [3.05, 3.63) is 186 Å². The molecule has 8 aromatic carbocycles. The Labute approximate surface area is 444 Å². The first-order chi connectivity index (χ1) is 35.8. The lowest BCUT2D eigenvalue weighted by Gasteiger charge is -2.42. The quantitative estimate of drug-likeness (QED) is 0.169. The van der Waals surface area contributed by atoms with E-state index in [1.54, 1.807) is 0 Å². The number of benzene rings is 8. The Hall–Kier alpha value is -7.24. The van der Waals surface area contributed by atoms with Crippen molar-refractivity contribution in [2.45, 2.75) is 129 Å². The largest absolute Gasteiger partial charge is 0.456 e. The molecule has 1 aliphatic heterocycles. The Bertz CT molecular complexity index is 3940. The monoisotopic (exact) mass is 981 g/mol. The van der Waals surface area contributed by atoms with Gasteiger partial charge in [0.1, 0.15) is 16.7 Å². The van der Waals surface area contributed by atoms with Crippen LogP contribution in [-0.2, 0) is 27.1 Å². The fraction of sp³-hybridized carbons (Fsp3) is 0.286. The van der Waals surface area contributed by atoms with Gasteiger partial charge < -0.3 is 14.2 Å². The summed E-state index contributed by atoms with van der Waals surface area (Å²) >= 11 is 0. The van der Waals surface area contributed by atoms with Gasteiger partial charge in [0, 0.05) is 33.3 Å². The van der Waals surface area contributed by atoms with Gasteiger partial charge in [-0.1, -0.05) is 179 Å². The minimum atomic E-state index is -0.0778. The van der Waals surface area contributed by atoms with Crippen molar-refractivity contribution in [1.82, 2.24) is 0 Å². The van der Waals surface area contributed by atoms with E-state index < -0.39 is 0 Å². The number of nitrogens with one attached hydrogen (secondary N) is 1. The van der Waals surface area contributed by atoms with Crippen LogP contribution in [0.25, 0.3) is 66.3 Å². The molecule has 10 aromatic rings. The van der Waals surface area contributed by atoms with Crippen LogP contribution in [0.5, 0.6) is 0 Å². The van der Waals surface area contributed by atoms with Gasteiger partial charge in [-0.15, -0.1) is 0 Å². The Morgan fingerprint density at radius 3 is 1.79 bits per heavy atom. The molecule has 4 nitrogen and oxygen atoms in total. The SMILES string of the molecule is CC(C)(C)c1ccc(N2c3oc4cc5c(cc4c3Bc3c(-c4ccc(-c6ccccc6)cc4Nc4ccc6c(c4)C(C)(C)CCC6(C)C)cc4oc6ccccc6c4c32)C(C)(C)CCC5(C)C)c(-c2ccccc2)c1. The molecule has 0 fully saturated rings. The number of fused-ring (bicyclic) bond motifs is 10. The van der Waals surface area contributed by atoms with E-state index in [4.69, 9.17) is 8.83 Å². The predicted molar refractivity (Wildman–Crippen MR) is 320 cm³/mol. The number of hydrogen-bond acceptors (Lipinski definition) is 4. The topological polar surface area (TPSA) is 41.6 Å². The van der Waals surface area contributed by atoms with E-state index in [-0.39, 0.29) is 27.1 Å². The highest BCUT2D eigenvalue weighted by atomic mass is 16.4. The molecule has 0 radical (unpaired) electrons. The second-order valence-corrected chi connectivity index (χ2v) is 25.9. The maximum Gasteiger partial charge on any atom is 0.203 e. The molecule has 0 atom stereocenters. The van der Waals surface area contributed by atoms with Gasteiger partial charge in [-0.05, 0) is 168 Å². The molecule has 2 aromatic heterocycles. The summed E-state index contributed by atoms with van der Waals surface area (Å²) in [6.45, 7) is 26.3. The van der Waals surface area contributed by atoms with E-state index in [0.717, 1.165) is 103 Å². The lowest BCUT2D eigenvalue weighted by atomic mass is 9.57. The van der Waals surface area contributed by atoms with Crippen LogP contribution in [-0.4, -0.2) is 7.28 Å². The van der Waals surface area contributed by atoms with Gasteiger partial charge in [-0.2, -0.15) is 0 Å². The summed E-state index contributed by atoms with van der Waals surface area (Å²) in [5.74, 6) is 0.872. The Kier molecular flexibility index (Phi) is 10.5. The molecule has 0 unspecified atom stereocenters. The molecule has 0 saturated heterocycles. The highest BCUT2D eigenvalue weighted by Gasteiger charge is 2.42. The summed E-state index contributed by atoms with van der Waals surface area (Å²) in [7, 11) is 0.671. The Morgan fingerprint density at radius 2 is 1.09 bits per heavy atom. The molecule has 0 amide bonds. The molecule has 1 N–H and O–H groups in total. The van der Waals surface area contributed by atoms with E-state index >= 15 is 0 Å². The Balaban J connectivity index is 1.13. The number of para-hydroxylation sites is 1. The first-order valence-corrected chi connectivity index (χ1v) is 27.5. The number of furan rings is 2. The third-order valence-corrected chi connectivity index (χ3v) is 18.0.